The first-order chi connectivity index (χ1) is 7.17. The molecule has 1 atom stereocenters. The number of carbonyl (C=O) groups is 1. The Morgan fingerprint density at radius 2 is 2.00 bits per heavy atom. The van der Waals surface area contributed by atoms with Crippen LogP contribution in [0.15, 0.2) is 29.2 Å². The predicted molar refractivity (Wildman–Crippen MR) is 65.1 cm³/mol. The van der Waals surface area contributed by atoms with Crippen molar-refractivity contribution in [3.8, 4) is 0 Å². The fourth-order valence-corrected chi connectivity index (χ4v) is 1.73. The van der Waals surface area contributed by atoms with Crippen LogP contribution in [0.3, 0.4) is 0 Å². The van der Waals surface area contributed by atoms with Crippen LogP contribution in [0.2, 0.25) is 0 Å². The van der Waals surface area contributed by atoms with Gasteiger partial charge in [0.15, 0.2) is 0 Å². The van der Waals surface area contributed by atoms with Crippen LogP contribution in [0.1, 0.15) is 31.9 Å². The molecule has 0 unspecified atom stereocenters. The molecule has 1 rings (SSSR count). The van der Waals surface area contributed by atoms with Gasteiger partial charge in [-0.25, -0.2) is 0 Å². The molecule has 0 aliphatic carbocycles. The molecule has 0 aromatic heterocycles. The molecule has 0 saturated heterocycles. The zero-order valence-corrected chi connectivity index (χ0v) is 10.2. The van der Waals surface area contributed by atoms with Crippen LogP contribution in [0.25, 0.3) is 0 Å². The standard InChI is InChI=1S/C12H17NOS/c1-4-12(14)13-9(2)10-5-7-11(15-3)8-6-10/h5-9H,4H2,1-3H3,(H,13,14)/t9-/m0/s1. The van der Waals surface area contributed by atoms with Crippen molar-refractivity contribution < 1.29 is 4.79 Å². The van der Waals surface area contributed by atoms with Crippen molar-refractivity contribution in [2.45, 2.75) is 31.2 Å². The van der Waals surface area contributed by atoms with Gasteiger partial charge in [0, 0.05) is 11.3 Å². The Labute approximate surface area is 95.5 Å². The number of rotatable bonds is 4. The van der Waals surface area contributed by atoms with E-state index in [-0.39, 0.29) is 11.9 Å². The second-order valence-corrected chi connectivity index (χ2v) is 4.30. The van der Waals surface area contributed by atoms with Gasteiger partial charge in [0.25, 0.3) is 0 Å². The average Bonchev–Trinajstić information content (AvgIpc) is 2.29. The number of carbonyl (C=O) groups excluding carboxylic acids is 1. The maximum absolute atomic E-state index is 11.2. The summed E-state index contributed by atoms with van der Waals surface area (Å²) in [4.78, 5) is 12.4. The molecule has 1 amide bonds. The van der Waals surface area contributed by atoms with E-state index in [1.54, 1.807) is 11.8 Å². The van der Waals surface area contributed by atoms with Crippen molar-refractivity contribution in [1.82, 2.24) is 5.32 Å². The van der Waals surface area contributed by atoms with Crippen LogP contribution in [0, 0.1) is 0 Å². The first kappa shape index (κ1) is 12.1. The second kappa shape index (κ2) is 5.81. The molecule has 2 nitrogen and oxygen atoms in total. The Morgan fingerprint density at radius 1 is 1.40 bits per heavy atom. The zero-order valence-electron chi connectivity index (χ0n) is 9.41. The quantitative estimate of drug-likeness (QED) is 0.795. The van der Waals surface area contributed by atoms with Crippen LogP contribution < -0.4 is 5.32 Å². The Hall–Kier alpha value is -0.960. The lowest BCUT2D eigenvalue weighted by molar-refractivity contribution is -0.121. The molecule has 1 aromatic carbocycles. The van der Waals surface area contributed by atoms with Gasteiger partial charge >= 0.3 is 0 Å². The molecule has 0 spiro atoms. The summed E-state index contributed by atoms with van der Waals surface area (Å²) in [6, 6.07) is 8.37. The minimum Gasteiger partial charge on any atom is -0.350 e. The SMILES string of the molecule is CCC(=O)N[C@@H](C)c1ccc(SC)cc1. The molecule has 1 N–H and O–H groups in total. The Bertz CT molecular complexity index is 321. The van der Waals surface area contributed by atoms with Gasteiger partial charge in [-0.3, -0.25) is 4.79 Å². The van der Waals surface area contributed by atoms with E-state index in [0.29, 0.717) is 6.42 Å². The van der Waals surface area contributed by atoms with E-state index in [2.05, 4.69) is 35.8 Å². The number of thioether (sulfide) groups is 1. The summed E-state index contributed by atoms with van der Waals surface area (Å²) in [5.74, 6) is 0.0939. The number of benzene rings is 1. The fourth-order valence-electron chi connectivity index (χ4n) is 1.32. The van der Waals surface area contributed by atoms with Crippen molar-refractivity contribution in [2.24, 2.45) is 0 Å². The molecule has 0 fully saturated rings. The van der Waals surface area contributed by atoms with Gasteiger partial charge in [0.1, 0.15) is 0 Å². The molecule has 82 valence electrons. The highest BCUT2D eigenvalue weighted by Gasteiger charge is 2.07. The van der Waals surface area contributed by atoms with Crippen molar-refractivity contribution >= 4 is 17.7 Å². The minimum atomic E-state index is 0.0911. The molecule has 1 aromatic rings. The van der Waals surface area contributed by atoms with Crippen molar-refractivity contribution in [3.05, 3.63) is 29.8 Å². The monoisotopic (exact) mass is 223 g/mol. The first-order valence-corrected chi connectivity index (χ1v) is 6.33. The molecule has 3 heteroatoms. The molecule has 0 heterocycles. The molecular formula is C12H17NOS. The topological polar surface area (TPSA) is 29.1 Å². The molecule has 0 aliphatic rings. The summed E-state index contributed by atoms with van der Waals surface area (Å²) < 4.78 is 0. The van der Waals surface area contributed by atoms with Gasteiger partial charge in [0.2, 0.25) is 5.91 Å². The third-order valence-corrected chi connectivity index (χ3v) is 3.06. The molecule has 0 saturated carbocycles. The highest BCUT2D eigenvalue weighted by atomic mass is 32.2. The lowest BCUT2D eigenvalue weighted by Gasteiger charge is -2.13. The zero-order chi connectivity index (χ0) is 11.3. The minimum absolute atomic E-state index is 0.0911. The Kier molecular flexibility index (Phi) is 4.69. The summed E-state index contributed by atoms with van der Waals surface area (Å²) in [7, 11) is 0. The van der Waals surface area contributed by atoms with Crippen LogP contribution >= 0.6 is 11.8 Å². The predicted octanol–water partition coefficient (Wildman–Crippen LogP) is 3.00. The van der Waals surface area contributed by atoms with Gasteiger partial charge in [0.05, 0.1) is 6.04 Å². The van der Waals surface area contributed by atoms with E-state index in [4.69, 9.17) is 0 Å². The smallest absolute Gasteiger partial charge is 0.220 e. The maximum atomic E-state index is 11.2. The summed E-state index contributed by atoms with van der Waals surface area (Å²) in [5.41, 5.74) is 1.15. The fraction of sp³-hybridized carbons (Fsp3) is 0.417. The molecule has 0 radical (unpaired) electrons. The van der Waals surface area contributed by atoms with Crippen LogP contribution in [-0.4, -0.2) is 12.2 Å². The summed E-state index contributed by atoms with van der Waals surface area (Å²) >= 11 is 1.72. The molecule has 0 aliphatic heterocycles. The molecule has 0 bridgehead atoms. The van der Waals surface area contributed by atoms with E-state index >= 15 is 0 Å². The van der Waals surface area contributed by atoms with Crippen molar-refractivity contribution in [1.29, 1.82) is 0 Å². The van der Waals surface area contributed by atoms with E-state index in [0.717, 1.165) is 5.56 Å². The molecule has 15 heavy (non-hydrogen) atoms. The lowest BCUT2D eigenvalue weighted by Crippen LogP contribution is -2.25. The van der Waals surface area contributed by atoms with Gasteiger partial charge < -0.3 is 5.32 Å². The maximum Gasteiger partial charge on any atom is 0.220 e. The van der Waals surface area contributed by atoms with E-state index in [1.807, 2.05) is 13.8 Å². The Morgan fingerprint density at radius 3 is 2.47 bits per heavy atom. The van der Waals surface area contributed by atoms with Crippen molar-refractivity contribution in [2.75, 3.05) is 6.26 Å². The van der Waals surface area contributed by atoms with Crippen LogP contribution in [-0.2, 0) is 4.79 Å². The summed E-state index contributed by atoms with van der Waals surface area (Å²) in [5, 5.41) is 2.94. The second-order valence-electron chi connectivity index (χ2n) is 3.42. The summed E-state index contributed by atoms with van der Waals surface area (Å²) in [6.45, 7) is 3.86. The number of amides is 1. The van der Waals surface area contributed by atoms with Gasteiger partial charge in [-0.2, -0.15) is 0 Å². The van der Waals surface area contributed by atoms with E-state index in [9.17, 15) is 4.79 Å². The number of nitrogens with one attached hydrogen (secondary N) is 1. The third kappa shape index (κ3) is 3.59. The van der Waals surface area contributed by atoms with Gasteiger partial charge in [-0.1, -0.05) is 19.1 Å². The molecular weight excluding hydrogens is 206 g/mol. The van der Waals surface area contributed by atoms with E-state index in [1.165, 1.54) is 4.90 Å². The third-order valence-electron chi connectivity index (χ3n) is 2.31. The number of hydrogen-bond acceptors (Lipinski definition) is 2. The average molecular weight is 223 g/mol. The van der Waals surface area contributed by atoms with Crippen molar-refractivity contribution in [3.63, 3.8) is 0 Å². The first-order valence-electron chi connectivity index (χ1n) is 5.10. The largest absolute Gasteiger partial charge is 0.350 e. The normalized spacial score (nSPS) is 12.2. The number of hydrogen-bond donors (Lipinski definition) is 1. The van der Waals surface area contributed by atoms with Crippen LogP contribution in [0.4, 0.5) is 0 Å². The summed E-state index contributed by atoms with van der Waals surface area (Å²) in [6.07, 6.45) is 2.59. The highest BCUT2D eigenvalue weighted by molar-refractivity contribution is 7.98. The lowest BCUT2D eigenvalue weighted by atomic mass is 10.1. The van der Waals surface area contributed by atoms with E-state index < -0.39 is 0 Å². The Balaban J connectivity index is 2.65. The highest BCUT2D eigenvalue weighted by Crippen LogP contribution is 2.18. The van der Waals surface area contributed by atoms with Gasteiger partial charge in [-0.15, -0.1) is 11.8 Å². The van der Waals surface area contributed by atoms with Gasteiger partial charge in [-0.05, 0) is 30.9 Å². The van der Waals surface area contributed by atoms with Crippen LogP contribution in [0.5, 0.6) is 0 Å².